The van der Waals surface area contributed by atoms with Gasteiger partial charge in [-0.3, -0.25) is 0 Å². The number of anilines is 1. The Morgan fingerprint density at radius 3 is 2.78 bits per heavy atom. The second kappa shape index (κ2) is 7.44. The molecular formula is C16H19N5O2. The Kier molecular flexibility index (Phi) is 4.88. The van der Waals surface area contributed by atoms with Crippen LogP contribution >= 0.6 is 0 Å². The number of benzene rings is 1. The lowest BCUT2D eigenvalue weighted by Crippen LogP contribution is -2.42. The summed E-state index contributed by atoms with van der Waals surface area (Å²) in [6.07, 6.45) is 4.14. The van der Waals surface area contributed by atoms with Gasteiger partial charge in [0.1, 0.15) is 11.9 Å². The lowest BCUT2D eigenvalue weighted by molar-refractivity contribution is 0.214. The number of nitrogens with one attached hydrogen (secondary N) is 3. The van der Waals surface area contributed by atoms with E-state index in [2.05, 4.69) is 25.9 Å². The second-order valence-electron chi connectivity index (χ2n) is 5.19. The maximum absolute atomic E-state index is 11.7. The molecule has 2 aromatic rings. The smallest absolute Gasteiger partial charge is 0.314 e. The van der Waals surface area contributed by atoms with Crippen molar-refractivity contribution in [2.45, 2.75) is 12.5 Å². The van der Waals surface area contributed by atoms with Crippen molar-refractivity contribution in [2.24, 2.45) is 0 Å². The highest BCUT2D eigenvalue weighted by molar-refractivity contribution is 5.73. The zero-order chi connectivity index (χ0) is 15.9. The van der Waals surface area contributed by atoms with Crippen molar-refractivity contribution < 1.29 is 9.53 Å². The molecule has 1 aliphatic heterocycles. The van der Waals surface area contributed by atoms with E-state index in [1.165, 1.54) is 5.56 Å². The molecule has 2 amide bonds. The molecule has 120 valence electrons. The van der Waals surface area contributed by atoms with E-state index in [0.29, 0.717) is 25.6 Å². The molecule has 0 fully saturated rings. The number of urea groups is 1. The minimum Gasteiger partial charge on any atom is -0.488 e. The third kappa shape index (κ3) is 4.32. The van der Waals surface area contributed by atoms with Crippen molar-refractivity contribution in [1.29, 1.82) is 0 Å². The van der Waals surface area contributed by atoms with Gasteiger partial charge in [0.25, 0.3) is 0 Å². The number of nitrogens with zero attached hydrogens (tertiary/aromatic N) is 2. The molecule has 1 atom stereocenters. The molecule has 0 aliphatic carbocycles. The first-order chi connectivity index (χ1) is 11.3. The van der Waals surface area contributed by atoms with E-state index < -0.39 is 0 Å². The highest BCUT2D eigenvalue weighted by atomic mass is 16.5. The monoisotopic (exact) mass is 313 g/mol. The van der Waals surface area contributed by atoms with Crippen molar-refractivity contribution in [2.75, 3.05) is 25.0 Å². The van der Waals surface area contributed by atoms with Crippen molar-refractivity contribution in [3.05, 3.63) is 48.3 Å². The zero-order valence-corrected chi connectivity index (χ0v) is 12.7. The number of carbonyl (C=O) groups is 1. The van der Waals surface area contributed by atoms with Gasteiger partial charge in [0.2, 0.25) is 5.95 Å². The van der Waals surface area contributed by atoms with Gasteiger partial charge < -0.3 is 20.7 Å². The number of fused-ring (bicyclic) bond motifs is 1. The van der Waals surface area contributed by atoms with Crippen molar-refractivity contribution in [3.8, 4) is 5.75 Å². The van der Waals surface area contributed by atoms with Gasteiger partial charge in [-0.25, -0.2) is 14.8 Å². The summed E-state index contributed by atoms with van der Waals surface area (Å²) in [5.74, 6) is 1.46. The first kappa shape index (κ1) is 15.1. The molecule has 1 unspecified atom stereocenters. The van der Waals surface area contributed by atoms with Crippen LogP contribution in [0.15, 0.2) is 42.7 Å². The molecular weight excluding hydrogens is 294 g/mol. The molecule has 1 aromatic carbocycles. The minimum absolute atomic E-state index is 0.00556. The maximum Gasteiger partial charge on any atom is 0.314 e. The average molecular weight is 313 g/mol. The number of hydrogen-bond acceptors (Lipinski definition) is 5. The fourth-order valence-corrected chi connectivity index (χ4v) is 2.38. The van der Waals surface area contributed by atoms with Crippen LogP contribution in [-0.4, -0.2) is 41.7 Å². The summed E-state index contributed by atoms with van der Waals surface area (Å²) in [5.41, 5.74) is 1.19. The highest BCUT2D eigenvalue weighted by Crippen LogP contribution is 2.27. The number of rotatable bonds is 6. The summed E-state index contributed by atoms with van der Waals surface area (Å²) in [4.78, 5) is 19.8. The number of carbonyl (C=O) groups excluding carboxylic acids is 1. The largest absolute Gasteiger partial charge is 0.488 e. The van der Waals surface area contributed by atoms with Crippen LogP contribution in [0.2, 0.25) is 0 Å². The van der Waals surface area contributed by atoms with Gasteiger partial charge in [-0.15, -0.1) is 0 Å². The second-order valence-corrected chi connectivity index (χ2v) is 5.19. The van der Waals surface area contributed by atoms with Gasteiger partial charge >= 0.3 is 6.03 Å². The molecule has 23 heavy (non-hydrogen) atoms. The third-order valence-corrected chi connectivity index (χ3v) is 3.46. The first-order valence-corrected chi connectivity index (χ1v) is 7.58. The molecule has 0 bridgehead atoms. The standard InChI is InChI=1S/C16H19N5O2/c22-16(20-9-8-19-15-17-6-3-7-18-15)21-11-13-10-12-4-1-2-5-14(12)23-13/h1-7,13H,8-11H2,(H,17,18,19)(H2,20,21,22). The highest BCUT2D eigenvalue weighted by Gasteiger charge is 2.22. The quantitative estimate of drug-likeness (QED) is 0.697. The molecule has 0 saturated carbocycles. The SMILES string of the molecule is O=C(NCCNc1ncccn1)NCC1Cc2ccccc2O1. The summed E-state index contributed by atoms with van der Waals surface area (Å²) in [7, 11) is 0. The van der Waals surface area contributed by atoms with Gasteiger partial charge in [0.15, 0.2) is 0 Å². The summed E-state index contributed by atoms with van der Waals surface area (Å²) >= 11 is 0. The fraction of sp³-hybridized carbons (Fsp3) is 0.312. The van der Waals surface area contributed by atoms with Crippen LogP contribution in [0.1, 0.15) is 5.56 Å². The molecule has 0 spiro atoms. The van der Waals surface area contributed by atoms with Crippen LogP contribution in [0.5, 0.6) is 5.75 Å². The van der Waals surface area contributed by atoms with Crippen LogP contribution in [0.4, 0.5) is 10.7 Å². The summed E-state index contributed by atoms with van der Waals surface area (Å²) < 4.78 is 5.77. The zero-order valence-electron chi connectivity index (χ0n) is 12.7. The first-order valence-electron chi connectivity index (χ1n) is 7.58. The van der Waals surface area contributed by atoms with E-state index >= 15 is 0 Å². The lowest BCUT2D eigenvalue weighted by atomic mass is 10.1. The normalized spacial score (nSPS) is 15.4. The molecule has 3 rings (SSSR count). The molecule has 7 nitrogen and oxygen atoms in total. The van der Waals surface area contributed by atoms with Crippen LogP contribution in [-0.2, 0) is 6.42 Å². The van der Waals surface area contributed by atoms with E-state index in [0.717, 1.165) is 12.2 Å². The maximum atomic E-state index is 11.7. The van der Waals surface area contributed by atoms with Gasteiger partial charge in [-0.1, -0.05) is 18.2 Å². The van der Waals surface area contributed by atoms with E-state index in [9.17, 15) is 4.79 Å². The predicted octanol–water partition coefficient (Wildman–Crippen LogP) is 1.19. The summed E-state index contributed by atoms with van der Waals surface area (Å²) in [5, 5.41) is 8.62. The van der Waals surface area contributed by atoms with Crippen molar-refractivity contribution in [3.63, 3.8) is 0 Å². The van der Waals surface area contributed by atoms with Crippen LogP contribution in [0.25, 0.3) is 0 Å². The van der Waals surface area contributed by atoms with Gasteiger partial charge in [0.05, 0.1) is 6.54 Å². The molecule has 1 aromatic heterocycles. The molecule has 3 N–H and O–H groups in total. The van der Waals surface area contributed by atoms with Gasteiger partial charge in [0, 0.05) is 31.9 Å². The Balaban J connectivity index is 1.30. The number of ether oxygens (including phenoxy) is 1. The Labute approximate surface area is 134 Å². The van der Waals surface area contributed by atoms with Crippen molar-refractivity contribution in [1.82, 2.24) is 20.6 Å². The number of amides is 2. The summed E-state index contributed by atoms with van der Waals surface area (Å²) in [6.45, 7) is 1.52. The van der Waals surface area contributed by atoms with Crippen LogP contribution < -0.4 is 20.7 Å². The molecule has 1 aliphatic rings. The van der Waals surface area contributed by atoms with Gasteiger partial charge in [-0.2, -0.15) is 0 Å². The van der Waals surface area contributed by atoms with Crippen LogP contribution in [0.3, 0.4) is 0 Å². The number of para-hydroxylation sites is 1. The molecule has 2 heterocycles. The van der Waals surface area contributed by atoms with Crippen molar-refractivity contribution >= 4 is 12.0 Å². The molecule has 0 saturated heterocycles. The van der Waals surface area contributed by atoms with Crippen LogP contribution in [0, 0.1) is 0 Å². The Morgan fingerprint density at radius 1 is 1.13 bits per heavy atom. The van der Waals surface area contributed by atoms with Gasteiger partial charge in [-0.05, 0) is 17.7 Å². The minimum atomic E-state index is -0.208. The third-order valence-electron chi connectivity index (χ3n) is 3.46. The van der Waals surface area contributed by atoms with E-state index in [-0.39, 0.29) is 12.1 Å². The average Bonchev–Trinajstić information content (AvgIpc) is 3.01. The van der Waals surface area contributed by atoms with E-state index in [1.807, 2.05) is 24.3 Å². The topological polar surface area (TPSA) is 88.2 Å². The Bertz CT molecular complexity index is 625. The number of aromatic nitrogens is 2. The molecule has 0 radical (unpaired) electrons. The lowest BCUT2D eigenvalue weighted by Gasteiger charge is -2.12. The Hall–Kier alpha value is -2.83. The predicted molar refractivity (Wildman–Crippen MR) is 86.5 cm³/mol. The van der Waals surface area contributed by atoms with E-state index in [1.54, 1.807) is 18.5 Å². The molecule has 7 heteroatoms. The number of hydrogen-bond donors (Lipinski definition) is 3. The fourth-order valence-electron chi connectivity index (χ4n) is 2.38. The van der Waals surface area contributed by atoms with E-state index in [4.69, 9.17) is 4.74 Å². The summed E-state index contributed by atoms with van der Waals surface area (Å²) in [6, 6.07) is 9.49. The Morgan fingerprint density at radius 2 is 1.96 bits per heavy atom.